The minimum Gasteiger partial charge on any atom is -0.457 e. The molecule has 1 aliphatic carbocycles. The number of carbonyl (C=O) groups is 5. The van der Waals surface area contributed by atoms with Crippen LogP contribution in [-0.4, -0.2) is 47.6 Å². The van der Waals surface area contributed by atoms with E-state index in [1.807, 2.05) is 0 Å². The molecule has 10 heteroatoms. The molecule has 0 aromatic heterocycles. The molecule has 2 aliphatic rings. The first-order chi connectivity index (χ1) is 17.6. The van der Waals surface area contributed by atoms with Gasteiger partial charge in [-0.3, -0.25) is 24.1 Å². The van der Waals surface area contributed by atoms with Crippen LogP contribution in [0.1, 0.15) is 53.3 Å². The molecule has 8 nitrogen and oxygen atoms in total. The van der Waals surface area contributed by atoms with E-state index in [1.54, 1.807) is 0 Å². The van der Waals surface area contributed by atoms with Crippen molar-refractivity contribution in [3.8, 4) is 5.75 Å². The molecule has 0 spiro atoms. The van der Waals surface area contributed by atoms with Crippen LogP contribution in [0.3, 0.4) is 0 Å². The molecule has 0 bridgehead atoms. The van der Waals surface area contributed by atoms with Crippen LogP contribution in [0.25, 0.3) is 0 Å². The van der Waals surface area contributed by atoms with Gasteiger partial charge in [0.25, 0.3) is 0 Å². The van der Waals surface area contributed by atoms with Gasteiger partial charge in [-0.15, -0.1) is 0 Å². The lowest BCUT2D eigenvalue weighted by Crippen LogP contribution is -2.33. The van der Waals surface area contributed by atoms with E-state index in [0.717, 1.165) is 11.3 Å². The number of likely N-dealkylation sites (tertiary alicyclic amines) is 1. The zero-order chi connectivity index (χ0) is 26.7. The minimum absolute atomic E-state index is 0.0506. The van der Waals surface area contributed by atoms with Gasteiger partial charge in [-0.1, -0.05) is 30.1 Å². The van der Waals surface area contributed by atoms with Crippen LogP contribution in [0.4, 0.5) is 0 Å². The molecule has 0 N–H and O–H groups in total. The molecular weight excluding hydrogens is 521 g/mol. The first-order valence-corrected chi connectivity index (χ1v) is 12.7. The Kier molecular flexibility index (Phi) is 8.29. The van der Waals surface area contributed by atoms with Crippen molar-refractivity contribution < 1.29 is 33.4 Å². The fraction of sp³-hybridized carbons (Fsp3) is 0.370. The molecule has 0 radical (unpaired) electrons. The maximum absolute atomic E-state index is 12.6. The number of halogens is 2. The summed E-state index contributed by atoms with van der Waals surface area (Å²) < 4.78 is 10.3. The summed E-state index contributed by atoms with van der Waals surface area (Å²) in [7, 11) is 0. The fourth-order valence-corrected chi connectivity index (χ4v) is 4.98. The number of esters is 2. The number of carbonyl (C=O) groups excluding carboxylic acids is 5. The largest absolute Gasteiger partial charge is 0.457 e. The molecule has 1 saturated heterocycles. The van der Waals surface area contributed by atoms with E-state index >= 15 is 0 Å². The number of rotatable bonds is 8. The van der Waals surface area contributed by atoms with Gasteiger partial charge >= 0.3 is 11.9 Å². The lowest BCUT2D eigenvalue weighted by Gasteiger charge is -2.25. The maximum Gasteiger partial charge on any atom is 0.343 e. The van der Waals surface area contributed by atoms with Crippen molar-refractivity contribution in [1.82, 2.24) is 4.90 Å². The Morgan fingerprint density at radius 2 is 1.59 bits per heavy atom. The van der Waals surface area contributed by atoms with Crippen molar-refractivity contribution in [1.29, 1.82) is 0 Å². The smallest absolute Gasteiger partial charge is 0.343 e. The second kappa shape index (κ2) is 11.4. The molecule has 2 aromatic rings. The zero-order valence-corrected chi connectivity index (χ0v) is 21.6. The van der Waals surface area contributed by atoms with E-state index < -0.39 is 24.3 Å². The van der Waals surface area contributed by atoms with Gasteiger partial charge in [-0.05, 0) is 67.6 Å². The molecule has 2 amide bonds. The van der Waals surface area contributed by atoms with Gasteiger partial charge in [0.1, 0.15) is 5.75 Å². The van der Waals surface area contributed by atoms with Crippen LogP contribution in [0, 0.1) is 17.8 Å². The van der Waals surface area contributed by atoms with Crippen LogP contribution in [-0.2, 0) is 19.1 Å². The van der Waals surface area contributed by atoms with E-state index in [9.17, 15) is 24.0 Å². The molecule has 3 unspecified atom stereocenters. The molecule has 37 heavy (non-hydrogen) atoms. The number of hydrogen-bond acceptors (Lipinski definition) is 7. The summed E-state index contributed by atoms with van der Waals surface area (Å²) in [6.45, 7) is 1.53. The van der Waals surface area contributed by atoms with Gasteiger partial charge in [-0.25, -0.2) is 4.79 Å². The lowest BCUT2D eigenvalue weighted by atomic mass is 9.76. The topological polar surface area (TPSA) is 107 Å². The Bertz CT molecular complexity index is 1240. The Morgan fingerprint density at radius 3 is 2.30 bits per heavy atom. The van der Waals surface area contributed by atoms with E-state index in [-0.39, 0.29) is 58.5 Å². The summed E-state index contributed by atoms with van der Waals surface area (Å²) in [6.07, 6.45) is 2.12. The third-order valence-corrected chi connectivity index (χ3v) is 7.46. The van der Waals surface area contributed by atoms with Crippen molar-refractivity contribution in [2.75, 3.05) is 13.2 Å². The van der Waals surface area contributed by atoms with Crippen LogP contribution in [0.2, 0.25) is 10.0 Å². The highest BCUT2D eigenvalue weighted by molar-refractivity contribution is 6.42. The monoisotopic (exact) mass is 545 g/mol. The van der Waals surface area contributed by atoms with Gasteiger partial charge in [0, 0.05) is 12.1 Å². The molecule has 4 rings (SSSR count). The van der Waals surface area contributed by atoms with Gasteiger partial charge in [-0.2, -0.15) is 0 Å². The number of amides is 2. The molecular formula is C27H25Cl2NO7. The van der Waals surface area contributed by atoms with Crippen molar-refractivity contribution in [3.05, 3.63) is 63.6 Å². The van der Waals surface area contributed by atoms with Crippen molar-refractivity contribution in [2.45, 2.75) is 32.6 Å². The normalized spacial score (nSPS) is 20.9. The molecule has 2 aromatic carbocycles. The standard InChI is InChI=1S/C27H25Cl2NO7/c1-15-2-8-19-20(12-15)26(34)30(25(19)33)11-10-24(32)36-14-23(31)16-3-6-18(7-4-16)37-27(35)17-5-9-21(28)22(29)13-17/h3-7,9,13,15,19-20H,2,8,10-12,14H2,1H3. The van der Waals surface area contributed by atoms with Crippen LogP contribution in [0.5, 0.6) is 5.75 Å². The average molecular weight is 546 g/mol. The first kappa shape index (κ1) is 26.8. The molecule has 1 heterocycles. The summed E-state index contributed by atoms with van der Waals surface area (Å²) in [5.41, 5.74) is 0.470. The molecule has 1 aliphatic heterocycles. The third-order valence-electron chi connectivity index (χ3n) is 6.72. The Hall–Kier alpha value is -3.23. The predicted octanol–water partition coefficient (Wildman–Crippen LogP) is 4.75. The van der Waals surface area contributed by atoms with Crippen LogP contribution in [0.15, 0.2) is 42.5 Å². The number of hydrogen-bond donors (Lipinski definition) is 0. The van der Waals surface area contributed by atoms with E-state index in [1.165, 1.54) is 42.5 Å². The van der Waals surface area contributed by atoms with Gasteiger partial charge in [0.15, 0.2) is 12.4 Å². The number of ether oxygens (including phenoxy) is 2. The van der Waals surface area contributed by atoms with Crippen LogP contribution >= 0.6 is 23.2 Å². The number of imide groups is 1. The summed E-state index contributed by atoms with van der Waals surface area (Å²) in [5.74, 6) is -2.18. The van der Waals surface area contributed by atoms with Crippen LogP contribution < -0.4 is 4.74 Å². The molecule has 2 fully saturated rings. The Labute approximate surface area is 223 Å². The molecule has 1 saturated carbocycles. The number of Topliss-reactive ketones (excluding diaryl/α,β-unsaturated/α-hetero) is 1. The van der Waals surface area contributed by atoms with Crippen molar-refractivity contribution in [2.24, 2.45) is 17.8 Å². The first-order valence-electron chi connectivity index (χ1n) is 12.0. The second-order valence-electron chi connectivity index (χ2n) is 9.34. The number of benzene rings is 2. The van der Waals surface area contributed by atoms with Gasteiger partial charge < -0.3 is 9.47 Å². The number of nitrogens with zero attached hydrogens (tertiary/aromatic N) is 1. The summed E-state index contributed by atoms with van der Waals surface area (Å²) >= 11 is 11.8. The average Bonchev–Trinajstić information content (AvgIpc) is 3.11. The van der Waals surface area contributed by atoms with E-state index in [2.05, 4.69) is 6.92 Å². The van der Waals surface area contributed by atoms with Gasteiger partial charge in [0.05, 0.1) is 33.9 Å². The SMILES string of the molecule is CC1CCC2C(=O)N(CCC(=O)OCC(=O)c3ccc(OC(=O)c4ccc(Cl)c(Cl)c4)cc3)C(=O)C2C1. The van der Waals surface area contributed by atoms with Crippen molar-refractivity contribution in [3.63, 3.8) is 0 Å². The molecule has 3 atom stereocenters. The quantitative estimate of drug-likeness (QED) is 0.204. The summed E-state index contributed by atoms with van der Waals surface area (Å²) in [4.78, 5) is 63.2. The van der Waals surface area contributed by atoms with E-state index in [0.29, 0.717) is 23.8 Å². The van der Waals surface area contributed by atoms with Gasteiger partial charge in [0.2, 0.25) is 11.8 Å². The predicted molar refractivity (Wildman–Crippen MR) is 134 cm³/mol. The second-order valence-corrected chi connectivity index (χ2v) is 10.2. The fourth-order valence-electron chi connectivity index (χ4n) is 4.68. The Balaban J connectivity index is 1.23. The zero-order valence-electron chi connectivity index (χ0n) is 20.1. The minimum atomic E-state index is -0.677. The number of fused-ring (bicyclic) bond motifs is 1. The lowest BCUT2D eigenvalue weighted by molar-refractivity contribution is -0.145. The summed E-state index contributed by atoms with van der Waals surface area (Å²) in [6, 6.07) is 10.1. The Morgan fingerprint density at radius 1 is 0.919 bits per heavy atom. The highest BCUT2D eigenvalue weighted by Crippen LogP contribution is 2.40. The van der Waals surface area contributed by atoms with Crippen molar-refractivity contribution >= 4 is 52.7 Å². The van der Waals surface area contributed by atoms with E-state index in [4.69, 9.17) is 32.7 Å². The molecule has 194 valence electrons. The number of ketones is 1. The summed E-state index contributed by atoms with van der Waals surface area (Å²) in [5, 5.41) is 0.532. The highest BCUT2D eigenvalue weighted by Gasteiger charge is 2.49. The highest BCUT2D eigenvalue weighted by atomic mass is 35.5. The third kappa shape index (κ3) is 6.19. The maximum atomic E-state index is 12.6.